The normalized spacial score (nSPS) is 9.94. The molecule has 0 aliphatic rings. The second-order valence-electron chi connectivity index (χ2n) is 3.42. The summed E-state index contributed by atoms with van der Waals surface area (Å²) >= 11 is 0. The molecule has 2 aromatic rings. The van der Waals surface area contributed by atoms with E-state index in [1.54, 1.807) is 12.1 Å². The first-order valence-corrected chi connectivity index (χ1v) is 6.69. The number of halogens is 1. The van der Waals surface area contributed by atoms with Crippen molar-refractivity contribution in [1.82, 2.24) is 0 Å². The Morgan fingerprint density at radius 1 is 1.00 bits per heavy atom. The van der Waals surface area contributed by atoms with Gasteiger partial charge in [0, 0.05) is 16.1 Å². The molecular weight excluding hydrogens is 254 g/mol. The van der Waals surface area contributed by atoms with Gasteiger partial charge in [0.15, 0.2) is 0 Å². The molecule has 0 aromatic heterocycles. The van der Waals surface area contributed by atoms with Crippen LogP contribution in [0.5, 0.6) is 0 Å². The second kappa shape index (κ2) is 5.75. The summed E-state index contributed by atoms with van der Waals surface area (Å²) < 4.78 is 0. The number of hydrogen-bond donors (Lipinski definition) is 1. The highest BCUT2D eigenvalue weighted by molar-refractivity contribution is 8.21. The van der Waals surface area contributed by atoms with Crippen LogP contribution in [0.3, 0.4) is 0 Å². The predicted molar refractivity (Wildman–Crippen MR) is 72.5 cm³/mol. The van der Waals surface area contributed by atoms with Crippen LogP contribution in [0.15, 0.2) is 59.5 Å². The van der Waals surface area contributed by atoms with Gasteiger partial charge in [0.05, 0.1) is 0 Å². The van der Waals surface area contributed by atoms with Gasteiger partial charge in [0.25, 0.3) is 5.91 Å². The van der Waals surface area contributed by atoms with Gasteiger partial charge < -0.3 is 5.32 Å². The molecule has 0 atom stereocenters. The maximum Gasteiger partial charge on any atom is 0.255 e. The fourth-order valence-electron chi connectivity index (χ4n) is 1.38. The minimum absolute atomic E-state index is 0.114. The maximum absolute atomic E-state index is 11.8. The van der Waals surface area contributed by atoms with Crippen molar-refractivity contribution in [3.8, 4) is 0 Å². The summed E-state index contributed by atoms with van der Waals surface area (Å²) in [7, 11) is 6.76. The summed E-state index contributed by atoms with van der Waals surface area (Å²) in [5.41, 5.74) is 1.40. The Labute approximate surface area is 108 Å². The standard InChI is InChI=1S/C13H10ClNOS/c14-17-12-8-6-11(7-9-12)15-13(16)10-4-2-1-3-5-10/h1-9H,(H,15,16). The molecule has 0 radical (unpaired) electrons. The van der Waals surface area contributed by atoms with E-state index in [4.69, 9.17) is 10.7 Å². The Hall–Kier alpha value is -1.45. The lowest BCUT2D eigenvalue weighted by Crippen LogP contribution is -2.11. The van der Waals surface area contributed by atoms with Gasteiger partial charge in [-0.05, 0) is 58.1 Å². The molecule has 4 heteroatoms. The average molecular weight is 264 g/mol. The number of amides is 1. The summed E-state index contributed by atoms with van der Waals surface area (Å²) in [6.07, 6.45) is 0. The minimum atomic E-state index is -0.114. The van der Waals surface area contributed by atoms with Crippen molar-refractivity contribution in [2.45, 2.75) is 4.90 Å². The first kappa shape index (κ1) is 12.0. The first-order chi connectivity index (χ1) is 8.29. The Kier molecular flexibility index (Phi) is 4.07. The first-order valence-electron chi connectivity index (χ1n) is 5.04. The van der Waals surface area contributed by atoms with Gasteiger partial charge in [-0.15, -0.1) is 0 Å². The number of rotatable bonds is 3. The summed E-state index contributed by atoms with van der Waals surface area (Å²) in [4.78, 5) is 12.8. The SMILES string of the molecule is O=C(Nc1ccc(SCl)cc1)c1ccccc1. The van der Waals surface area contributed by atoms with Gasteiger partial charge in [-0.1, -0.05) is 18.2 Å². The third-order valence-electron chi connectivity index (χ3n) is 2.24. The largest absolute Gasteiger partial charge is 0.322 e. The van der Waals surface area contributed by atoms with Crippen LogP contribution in [0.2, 0.25) is 0 Å². The molecule has 17 heavy (non-hydrogen) atoms. The van der Waals surface area contributed by atoms with E-state index in [0.717, 1.165) is 21.6 Å². The molecule has 0 spiro atoms. The summed E-state index contributed by atoms with van der Waals surface area (Å²) in [5.74, 6) is -0.114. The average Bonchev–Trinajstić information content (AvgIpc) is 2.40. The predicted octanol–water partition coefficient (Wildman–Crippen LogP) is 4.18. The van der Waals surface area contributed by atoms with Gasteiger partial charge in [0.2, 0.25) is 0 Å². The van der Waals surface area contributed by atoms with Crippen molar-refractivity contribution in [3.63, 3.8) is 0 Å². The van der Waals surface area contributed by atoms with E-state index in [0.29, 0.717) is 5.56 Å². The van der Waals surface area contributed by atoms with E-state index in [9.17, 15) is 4.79 Å². The van der Waals surface area contributed by atoms with E-state index in [2.05, 4.69) is 5.32 Å². The lowest BCUT2D eigenvalue weighted by atomic mass is 10.2. The van der Waals surface area contributed by atoms with Gasteiger partial charge in [-0.3, -0.25) is 4.79 Å². The molecule has 86 valence electrons. The number of hydrogen-bond acceptors (Lipinski definition) is 2. The van der Waals surface area contributed by atoms with E-state index in [1.807, 2.05) is 42.5 Å². The van der Waals surface area contributed by atoms with Gasteiger partial charge in [0.1, 0.15) is 0 Å². The Morgan fingerprint density at radius 3 is 2.24 bits per heavy atom. The zero-order chi connectivity index (χ0) is 12.1. The smallest absolute Gasteiger partial charge is 0.255 e. The second-order valence-corrected chi connectivity index (χ2v) is 4.51. The molecular formula is C13H10ClNOS. The van der Waals surface area contributed by atoms with E-state index >= 15 is 0 Å². The fourth-order valence-corrected chi connectivity index (χ4v) is 1.93. The number of carbonyl (C=O) groups excluding carboxylic acids is 1. The molecule has 0 saturated heterocycles. The Bertz CT molecular complexity index is 499. The number of anilines is 1. The van der Waals surface area contributed by atoms with Crippen molar-refractivity contribution in [1.29, 1.82) is 0 Å². The molecule has 0 bridgehead atoms. The van der Waals surface area contributed by atoms with Crippen LogP contribution < -0.4 is 5.32 Å². The monoisotopic (exact) mass is 263 g/mol. The van der Waals surface area contributed by atoms with Gasteiger partial charge in [-0.2, -0.15) is 0 Å². The molecule has 0 heterocycles. The highest BCUT2D eigenvalue weighted by atomic mass is 35.7. The van der Waals surface area contributed by atoms with Crippen molar-refractivity contribution < 1.29 is 4.79 Å². The number of carbonyl (C=O) groups is 1. The Morgan fingerprint density at radius 2 is 1.65 bits per heavy atom. The van der Waals surface area contributed by atoms with Crippen LogP contribution in [0.1, 0.15) is 10.4 Å². The number of benzene rings is 2. The highest BCUT2D eigenvalue weighted by Gasteiger charge is 2.04. The number of nitrogens with one attached hydrogen (secondary N) is 1. The van der Waals surface area contributed by atoms with E-state index in [1.165, 1.54) is 0 Å². The Balaban J connectivity index is 2.08. The molecule has 0 unspecified atom stereocenters. The molecule has 2 nitrogen and oxygen atoms in total. The van der Waals surface area contributed by atoms with Gasteiger partial charge in [-0.25, -0.2) is 0 Å². The fraction of sp³-hybridized carbons (Fsp3) is 0. The van der Waals surface area contributed by atoms with Crippen LogP contribution >= 0.6 is 21.7 Å². The minimum Gasteiger partial charge on any atom is -0.322 e. The van der Waals surface area contributed by atoms with Crippen molar-refractivity contribution in [2.75, 3.05) is 5.32 Å². The van der Waals surface area contributed by atoms with Crippen molar-refractivity contribution >= 4 is 33.3 Å². The molecule has 2 rings (SSSR count). The van der Waals surface area contributed by atoms with Crippen LogP contribution in [-0.2, 0) is 0 Å². The zero-order valence-corrected chi connectivity index (χ0v) is 10.5. The quantitative estimate of drug-likeness (QED) is 0.900. The summed E-state index contributed by atoms with van der Waals surface area (Å²) in [6.45, 7) is 0. The van der Waals surface area contributed by atoms with Crippen LogP contribution in [-0.4, -0.2) is 5.91 Å². The maximum atomic E-state index is 11.8. The van der Waals surface area contributed by atoms with Crippen LogP contribution in [0.25, 0.3) is 0 Å². The third kappa shape index (κ3) is 3.25. The van der Waals surface area contributed by atoms with Crippen molar-refractivity contribution in [3.05, 3.63) is 60.2 Å². The van der Waals surface area contributed by atoms with E-state index < -0.39 is 0 Å². The topological polar surface area (TPSA) is 29.1 Å². The molecule has 0 aliphatic carbocycles. The summed E-state index contributed by atoms with van der Waals surface area (Å²) in [6, 6.07) is 16.5. The molecule has 1 amide bonds. The van der Waals surface area contributed by atoms with Crippen LogP contribution in [0, 0.1) is 0 Å². The van der Waals surface area contributed by atoms with Crippen molar-refractivity contribution in [2.24, 2.45) is 0 Å². The van der Waals surface area contributed by atoms with Gasteiger partial charge >= 0.3 is 0 Å². The lowest BCUT2D eigenvalue weighted by molar-refractivity contribution is 0.102. The molecule has 0 fully saturated rings. The highest BCUT2D eigenvalue weighted by Crippen LogP contribution is 2.23. The van der Waals surface area contributed by atoms with Crippen LogP contribution in [0.4, 0.5) is 5.69 Å². The zero-order valence-electron chi connectivity index (χ0n) is 8.89. The molecule has 0 aliphatic heterocycles. The third-order valence-corrected chi connectivity index (χ3v) is 3.22. The summed E-state index contributed by atoms with van der Waals surface area (Å²) in [5, 5.41) is 2.82. The molecule has 0 saturated carbocycles. The van der Waals surface area contributed by atoms with E-state index in [-0.39, 0.29) is 5.91 Å². The molecule has 1 N–H and O–H groups in total. The lowest BCUT2D eigenvalue weighted by Gasteiger charge is -2.05. The molecule has 2 aromatic carbocycles.